The predicted octanol–water partition coefficient (Wildman–Crippen LogP) is 2.35. The van der Waals surface area contributed by atoms with Gasteiger partial charge in [0.05, 0.1) is 12.8 Å². The molecule has 0 atom stereocenters. The second-order valence-electron chi connectivity index (χ2n) is 7.21. The first-order chi connectivity index (χ1) is 14.4. The standard InChI is InChI=1S/C19H24N4O5S2/c1-2-28-19(25)14-13-20-23-11-6-10-22(17(14)23)18(24)16-15(7-12-29-16)30(26,27)21-8-4-3-5-9-21/h7,12-13H,2-6,8-11H2,1H3. The molecule has 0 N–H and O–H groups in total. The van der Waals surface area contributed by atoms with Gasteiger partial charge in [0.25, 0.3) is 5.91 Å². The summed E-state index contributed by atoms with van der Waals surface area (Å²) in [4.78, 5) is 27.5. The highest BCUT2D eigenvalue weighted by Crippen LogP contribution is 2.32. The number of fused-ring (bicyclic) bond motifs is 1. The summed E-state index contributed by atoms with van der Waals surface area (Å²) in [6.45, 7) is 3.80. The highest BCUT2D eigenvalue weighted by atomic mass is 32.2. The number of amides is 1. The number of thiophene rings is 1. The third kappa shape index (κ3) is 3.65. The summed E-state index contributed by atoms with van der Waals surface area (Å²) >= 11 is 1.10. The van der Waals surface area contributed by atoms with E-state index in [9.17, 15) is 18.0 Å². The van der Waals surface area contributed by atoms with Gasteiger partial charge in [-0.2, -0.15) is 9.40 Å². The molecular weight excluding hydrogens is 428 g/mol. The van der Waals surface area contributed by atoms with Crippen molar-refractivity contribution in [1.29, 1.82) is 0 Å². The van der Waals surface area contributed by atoms with Gasteiger partial charge < -0.3 is 4.74 Å². The maximum atomic E-state index is 13.5. The molecule has 162 valence electrons. The topological polar surface area (TPSA) is 102 Å². The molecule has 0 unspecified atom stereocenters. The van der Waals surface area contributed by atoms with Crippen LogP contribution in [0.1, 0.15) is 52.6 Å². The van der Waals surface area contributed by atoms with E-state index in [0.717, 1.165) is 30.6 Å². The lowest BCUT2D eigenvalue weighted by atomic mass is 10.2. The van der Waals surface area contributed by atoms with Gasteiger partial charge in [0.2, 0.25) is 10.0 Å². The van der Waals surface area contributed by atoms with Gasteiger partial charge in [-0.3, -0.25) is 9.69 Å². The smallest absolute Gasteiger partial charge is 0.343 e. The van der Waals surface area contributed by atoms with E-state index < -0.39 is 21.9 Å². The van der Waals surface area contributed by atoms with Crippen molar-refractivity contribution in [2.75, 3.05) is 31.1 Å². The van der Waals surface area contributed by atoms with E-state index in [4.69, 9.17) is 4.74 Å². The van der Waals surface area contributed by atoms with E-state index >= 15 is 0 Å². The van der Waals surface area contributed by atoms with Gasteiger partial charge in [-0.15, -0.1) is 11.3 Å². The van der Waals surface area contributed by atoms with Gasteiger partial charge in [0.1, 0.15) is 21.2 Å². The van der Waals surface area contributed by atoms with Crippen molar-refractivity contribution in [1.82, 2.24) is 14.1 Å². The number of rotatable bonds is 5. The van der Waals surface area contributed by atoms with Crippen LogP contribution in [0, 0.1) is 0 Å². The quantitative estimate of drug-likeness (QED) is 0.646. The van der Waals surface area contributed by atoms with Crippen LogP contribution in [0.4, 0.5) is 5.82 Å². The molecule has 9 nitrogen and oxygen atoms in total. The van der Waals surface area contributed by atoms with Crippen LogP contribution in [0.15, 0.2) is 22.5 Å². The Hall–Kier alpha value is -2.24. The number of carbonyl (C=O) groups is 2. The lowest BCUT2D eigenvalue weighted by Gasteiger charge is -2.29. The first-order valence-corrected chi connectivity index (χ1v) is 12.4. The molecule has 0 saturated carbocycles. The van der Waals surface area contributed by atoms with Crippen LogP contribution in [-0.2, 0) is 21.3 Å². The summed E-state index contributed by atoms with van der Waals surface area (Å²) in [5, 5.41) is 5.84. The summed E-state index contributed by atoms with van der Waals surface area (Å²) < 4.78 is 34.5. The summed E-state index contributed by atoms with van der Waals surface area (Å²) in [6.07, 6.45) is 4.71. The average Bonchev–Trinajstić information content (AvgIpc) is 3.41. The number of hydrogen-bond acceptors (Lipinski definition) is 7. The Morgan fingerprint density at radius 1 is 1.13 bits per heavy atom. The van der Waals surface area contributed by atoms with Gasteiger partial charge in [-0.1, -0.05) is 6.42 Å². The summed E-state index contributed by atoms with van der Waals surface area (Å²) in [5.74, 6) is -0.627. The monoisotopic (exact) mass is 452 g/mol. The second-order valence-corrected chi connectivity index (χ2v) is 10.0. The first-order valence-electron chi connectivity index (χ1n) is 10.1. The van der Waals surface area contributed by atoms with E-state index in [1.54, 1.807) is 17.0 Å². The fraction of sp³-hybridized carbons (Fsp3) is 0.526. The Morgan fingerprint density at radius 3 is 2.63 bits per heavy atom. The summed E-state index contributed by atoms with van der Waals surface area (Å²) in [7, 11) is -3.75. The fourth-order valence-electron chi connectivity index (χ4n) is 3.89. The number of aryl methyl sites for hydroxylation is 1. The number of anilines is 1. The van der Waals surface area contributed by atoms with E-state index in [1.807, 2.05) is 0 Å². The maximum Gasteiger partial charge on any atom is 0.343 e. The van der Waals surface area contributed by atoms with Crippen LogP contribution < -0.4 is 4.90 Å². The molecule has 0 spiro atoms. The summed E-state index contributed by atoms with van der Waals surface area (Å²) in [5.41, 5.74) is 0.210. The Kier molecular flexibility index (Phi) is 5.94. The minimum atomic E-state index is -3.75. The van der Waals surface area contributed by atoms with Crippen molar-refractivity contribution in [3.05, 3.63) is 28.1 Å². The molecule has 2 aromatic rings. The zero-order valence-electron chi connectivity index (χ0n) is 16.7. The van der Waals surface area contributed by atoms with Gasteiger partial charge >= 0.3 is 5.97 Å². The van der Waals surface area contributed by atoms with E-state index in [0.29, 0.717) is 38.4 Å². The van der Waals surface area contributed by atoms with Crippen molar-refractivity contribution in [3.8, 4) is 0 Å². The number of aromatic nitrogens is 2. The number of ether oxygens (including phenoxy) is 1. The third-order valence-electron chi connectivity index (χ3n) is 5.32. The number of piperidine rings is 1. The molecule has 0 aromatic carbocycles. The summed E-state index contributed by atoms with van der Waals surface area (Å²) in [6, 6.07) is 1.50. The first kappa shape index (κ1) is 21.0. The Balaban J connectivity index is 1.69. The van der Waals surface area contributed by atoms with Gasteiger partial charge in [-0.25, -0.2) is 17.9 Å². The number of sulfonamides is 1. The molecule has 1 amide bonds. The SMILES string of the molecule is CCOC(=O)c1cnn2c1N(C(=O)c1sccc1S(=O)(=O)N1CCCCC1)CCC2. The van der Waals surface area contributed by atoms with Crippen molar-refractivity contribution in [2.24, 2.45) is 0 Å². The Morgan fingerprint density at radius 2 is 1.90 bits per heavy atom. The normalized spacial score (nSPS) is 17.6. The number of carbonyl (C=O) groups excluding carboxylic acids is 2. The average molecular weight is 453 g/mol. The van der Waals surface area contributed by atoms with Crippen LogP contribution in [0.5, 0.6) is 0 Å². The third-order valence-corrected chi connectivity index (χ3v) is 8.29. The number of hydrogen-bond donors (Lipinski definition) is 0. The molecule has 4 rings (SSSR count). The molecular formula is C19H24N4O5S2. The van der Waals surface area contributed by atoms with Gasteiger partial charge in [0, 0.05) is 26.2 Å². The highest BCUT2D eigenvalue weighted by Gasteiger charge is 2.36. The van der Waals surface area contributed by atoms with Crippen molar-refractivity contribution in [3.63, 3.8) is 0 Å². The van der Waals surface area contributed by atoms with Crippen molar-refractivity contribution >= 4 is 39.1 Å². The number of esters is 1. The molecule has 1 saturated heterocycles. The molecule has 30 heavy (non-hydrogen) atoms. The van der Waals surface area contributed by atoms with Gasteiger partial charge in [-0.05, 0) is 37.6 Å². The van der Waals surface area contributed by atoms with Crippen LogP contribution in [0.2, 0.25) is 0 Å². The maximum absolute atomic E-state index is 13.5. The molecule has 2 aliphatic rings. The minimum absolute atomic E-state index is 0.0359. The molecule has 1 fully saturated rings. The highest BCUT2D eigenvalue weighted by molar-refractivity contribution is 7.89. The Labute approximate surface area is 179 Å². The van der Waals surface area contributed by atoms with Gasteiger partial charge in [0.15, 0.2) is 0 Å². The fourth-order valence-corrected chi connectivity index (χ4v) is 6.75. The molecule has 0 bridgehead atoms. The van der Waals surface area contributed by atoms with Crippen LogP contribution in [-0.4, -0.2) is 60.6 Å². The van der Waals surface area contributed by atoms with Crippen LogP contribution in [0.3, 0.4) is 0 Å². The van der Waals surface area contributed by atoms with Crippen LogP contribution in [0.25, 0.3) is 0 Å². The lowest BCUT2D eigenvalue weighted by molar-refractivity contribution is 0.0527. The lowest BCUT2D eigenvalue weighted by Crippen LogP contribution is -2.40. The Bertz CT molecular complexity index is 1050. The molecule has 2 aromatic heterocycles. The molecule has 4 heterocycles. The minimum Gasteiger partial charge on any atom is -0.462 e. The van der Waals surface area contributed by atoms with Crippen molar-refractivity contribution < 1.29 is 22.7 Å². The van der Waals surface area contributed by atoms with E-state index in [-0.39, 0.29) is 21.9 Å². The molecule has 0 aliphatic carbocycles. The molecule has 0 radical (unpaired) electrons. The zero-order chi connectivity index (χ0) is 21.3. The van der Waals surface area contributed by atoms with E-state index in [1.165, 1.54) is 21.5 Å². The zero-order valence-corrected chi connectivity index (χ0v) is 18.4. The largest absolute Gasteiger partial charge is 0.462 e. The van der Waals surface area contributed by atoms with Crippen LogP contribution >= 0.6 is 11.3 Å². The molecule has 11 heteroatoms. The second kappa shape index (κ2) is 8.48. The van der Waals surface area contributed by atoms with Crippen molar-refractivity contribution in [2.45, 2.75) is 44.0 Å². The van der Waals surface area contributed by atoms with E-state index in [2.05, 4.69) is 5.10 Å². The number of nitrogens with zero attached hydrogens (tertiary/aromatic N) is 4. The molecule has 2 aliphatic heterocycles. The predicted molar refractivity (Wildman–Crippen MR) is 111 cm³/mol.